The molecule has 0 N–H and O–H groups in total. The van der Waals surface area contributed by atoms with Crippen molar-refractivity contribution >= 4 is 43.9 Å². The van der Waals surface area contributed by atoms with Crippen LogP contribution in [0.4, 0.5) is 0 Å². The third-order valence-corrected chi connectivity index (χ3v) is 6.63. The SMILES string of the molecule is CC1CCN(C(=S)c2ccc(OCc3cccc4ccccc34)c(Br)c2)CC1. The molecule has 1 aliphatic rings. The Labute approximate surface area is 180 Å². The standard InChI is InChI=1S/C24H24BrNOS/c1-17-11-13-26(14-12-17)24(28)19-9-10-23(22(25)15-19)27-16-20-7-4-6-18-5-2-3-8-21(18)20/h2-10,15,17H,11-14,16H2,1H3. The van der Waals surface area contributed by atoms with Crippen LogP contribution in [0.5, 0.6) is 5.75 Å². The van der Waals surface area contributed by atoms with E-state index in [0.29, 0.717) is 6.61 Å². The number of piperidine rings is 1. The minimum Gasteiger partial charge on any atom is -0.488 e. The summed E-state index contributed by atoms with van der Waals surface area (Å²) in [5, 5.41) is 2.47. The zero-order chi connectivity index (χ0) is 19.5. The van der Waals surface area contributed by atoms with E-state index in [9.17, 15) is 0 Å². The molecular formula is C24H24BrNOS. The fourth-order valence-corrected chi connectivity index (χ4v) is 4.52. The van der Waals surface area contributed by atoms with Gasteiger partial charge in [-0.25, -0.2) is 0 Å². The van der Waals surface area contributed by atoms with Crippen LogP contribution < -0.4 is 4.74 Å². The van der Waals surface area contributed by atoms with Gasteiger partial charge in [0.1, 0.15) is 17.3 Å². The van der Waals surface area contributed by atoms with Gasteiger partial charge in [-0.3, -0.25) is 0 Å². The molecule has 0 unspecified atom stereocenters. The molecule has 28 heavy (non-hydrogen) atoms. The number of hydrogen-bond acceptors (Lipinski definition) is 2. The predicted molar refractivity (Wildman–Crippen MR) is 124 cm³/mol. The summed E-state index contributed by atoms with van der Waals surface area (Å²) < 4.78 is 7.06. The van der Waals surface area contributed by atoms with Crippen molar-refractivity contribution in [2.75, 3.05) is 13.1 Å². The van der Waals surface area contributed by atoms with Crippen LogP contribution in [0.3, 0.4) is 0 Å². The Morgan fingerprint density at radius 1 is 1.07 bits per heavy atom. The smallest absolute Gasteiger partial charge is 0.134 e. The number of rotatable bonds is 4. The summed E-state index contributed by atoms with van der Waals surface area (Å²) in [7, 11) is 0. The molecule has 0 atom stereocenters. The Morgan fingerprint density at radius 2 is 1.82 bits per heavy atom. The first-order chi connectivity index (χ1) is 13.6. The van der Waals surface area contributed by atoms with Crippen LogP contribution >= 0.6 is 28.1 Å². The second kappa shape index (κ2) is 8.62. The lowest BCUT2D eigenvalue weighted by atomic mass is 9.99. The number of benzene rings is 3. The van der Waals surface area contributed by atoms with Crippen LogP contribution in [0, 0.1) is 5.92 Å². The summed E-state index contributed by atoms with van der Waals surface area (Å²) in [5.41, 5.74) is 2.26. The molecule has 2 nitrogen and oxygen atoms in total. The first kappa shape index (κ1) is 19.4. The molecule has 3 aromatic rings. The van der Waals surface area contributed by atoms with E-state index in [2.05, 4.69) is 82.4 Å². The van der Waals surface area contributed by atoms with E-state index in [1.165, 1.54) is 29.2 Å². The molecule has 4 rings (SSSR count). The van der Waals surface area contributed by atoms with Crippen LogP contribution in [0.25, 0.3) is 10.8 Å². The van der Waals surface area contributed by atoms with Gasteiger partial charge < -0.3 is 9.64 Å². The van der Waals surface area contributed by atoms with Crippen molar-refractivity contribution in [3.63, 3.8) is 0 Å². The summed E-state index contributed by atoms with van der Waals surface area (Å²) in [6, 6.07) is 20.9. The molecule has 3 aromatic carbocycles. The lowest BCUT2D eigenvalue weighted by Crippen LogP contribution is -2.37. The minimum atomic E-state index is 0.535. The second-order valence-electron chi connectivity index (χ2n) is 7.55. The van der Waals surface area contributed by atoms with Gasteiger partial charge in [-0.05, 0) is 69.2 Å². The van der Waals surface area contributed by atoms with Gasteiger partial charge in [0, 0.05) is 18.7 Å². The highest BCUT2D eigenvalue weighted by atomic mass is 79.9. The zero-order valence-corrected chi connectivity index (χ0v) is 18.4. The molecule has 0 amide bonds. The van der Waals surface area contributed by atoms with E-state index in [1.54, 1.807) is 0 Å². The van der Waals surface area contributed by atoms with Crippen LogP contribution in [0.2, 0.25) is 0 Å². The number of likely N-dealkylation sites (tertiary alicyclic amines) is 1. The number of ether oxygens (including phenoxy) is 1. The molecule has 144 valence electrons. The summed E-state index contributed by atoms with van der Waals surface area (Å²) in [4.78, 5) is 3.27. The van der Waals surface area contributed by atoms with Gasteiger partial charge in [-0.1, -0.05) is 61.6 Å². The summed E-state index contributed by atoms with van der Waals surface area (Å²) in [5.74, 6) is 1.64. The van der Waals surface area contributed by atoms with Crippen molar-refractivity contribution in [2.24, 2.45) is 5.92 Å². The van der Waals surface area contributed by atoms with Crippen molar-refractivity contribution in [1.29, 1.82) is 0 Å². The Bertz CT molecular complexity index is 990. The first-order valence-corrected chi connectivity index (χ1v) is 11.0. The third kappa shape index (κ3) is 4.23. The molecule has 1 aliphatic heterocycles. The van der Waals surface area contributed by atoms with Gasteiger partial charge >= 0.3 is 0 Å². The monoisotopic (exact) mass is 453 g/mol. The number of fused-ring (bicyclic) bond motifs is 1. The van der Waals surface area contributed by atoms with E-state index in [4.69, 9.17) is 17.0 Å². The first-order valence-electron chi connectivity index (χ1n) is 9.80. The lowest BCUT2D eigenvalue weighted by Gasteiger charge is -2.32. The number of hydrogen-bond donors (Lipinski definition) is 0. The fraction of sp³-hybridized carbons (Fsp3) is 0.292. The maximum Gasteiger partial charge on any atom is 0.134 e. The average molecular weight is 454 g/mol. The molecule has 0 aromatic heterocycles. The Hall–Kier alpha value is -1.91. The average Bonchev–Trinajstić information content (AvgIpc) is 2.73. The summed E-state index contributed by atoms with van der Waals surface area (Å²) in [6.45, 7) is 4.96. The lowest BCUT2D eigenvalue weighted by molar-refractivity contribution is 0.284. The number of halogens is 1. The molecule has 1 fully saturated rings. The van der Waals surface area contributed by atoms with Crippen LogP contribution in [0.15, 0.2) is 65.1 Å². The minimum absolute atomic E-state index is 0.535. The van der Waals surface area contributed by atoms with Gasteiger partial charge in [-0.2, -0.15) is 0 Å². The van der Waals surface area contributed by atoms with E-state index in [0.717, 1.165) is 39.8 Å². The molecular weight excluding hydrogens is 430 g/mol. The van der Waals surface area contributed by atoms with Gasteiger partial charge in [0.2, 0.25) is 0 Å². The van der Waals surface area contributed by atoms with Crippen molar-refractivity contribution in [3.05, 3.63) is 76.3 Å². The molecule has 0 saturated carbocycles. The molecule has 0 aliphatic carbocycles. The van der Waals surface area contributed by atoms with Crippen molar-refractivity contribution in [1.82, 2.24) is 4.90 Å². The zero-order valence-electron chi connectivity index (χ0n) is 16.0. The van der Waals surface area contributed by atoms with Crippen LogP contribution in [-0.4, -0.2) is 23.0 Å². The second-order valence-corrected chi connectivity index (χ2v) is 8.79. The quantitative estimate of drug-likeness (QED) is 0.413. The maximum absolute atomic E-state index is 6.12. The topological polar surface area (TPSA) is 12.5 Å². The Kier molecular flexibility index (Phi) is 5.98. The fourth-order valence-electron chi connectivity index (χ4n) is 3.72. The highest BCUT2D eigenvalue weighted by molar-refractivity contribution is 9.10. The molecule has 1 saturated heterocycles. The third-order valence-electron chi connectivity index (χ3n) is 5.51. The highest BCUT2D eigenvalue weighted by Gasteiger charge is 2.19. The maximum atomic E-state index is 6.12. The van der Waals surface area contributed by atoms with Crippen LogP contribution in [-0.2, 0) is 6.61 Å². The highest BCUT2D eigenvalue weighted by Crippen LogP contribution is 2.29. The Morgan fingerprint density at radius 3 is 2.61 bits per heavy atom. The van der Waals surface area contributed by atoms with E-state index in [-0.39, 0.29) is 0 Å². The van der Waals surface area contributed by atoms with Crippen LogP contribution in [0.1, 0.15) is 30.9 Å². The normalized spacial score (nSPS) is 15.0. The molecule has 0 radical (unpaired) electrons. The van der Waals surface area contributed by atoms with Gasteiger partial charge in [-0.15, -0.1) is 0 Å². The summed E-state index contributed by atoms with van der Waals surface area (Å²) in [6.07, 6.45) is 2.43. The number of nitrogens with zero attached hydrogens (tertiary/aromatic N) is 1. The molecule has 1 heterocycles. The van der Waals surface area contributed by atoms with Gasteiger partial charge in [0.15, 0.2) is 0 Å². The molecule has 4 heteroatoms. The summed E-state index contributed by atoms with van der Waals surface area (Å²) >= 11 is 9.41. The van der Waals surface area contributed by atoms with E-state index in [1.807, 2.05) is 6.07 Å². The largest absolute Gasteiger partial charge is 0.488 e. The van der Waals surface area contributed by atoms with Gasteiger partial charge in [0.05, 0.1) is 4.47 Å². The van der Waals surface area contributed by atoms with Gasteiger partial charge in [0.25, 0.3) is 0 Å². The van der Waals surface area contributed by atoms with E-state index >= 15 is 0 Å². The van der Waals surface area contributed by atoms with Crippen molar-refractivity contribution in [2.45, 2.75) is 26.4 Å². The Balaban J connectivity index is 1.47. The van der Waals surface area contributed by atoms with Crippen molar-refractivity contribution in [3.8, 4) is 5.75 Å². The van der Waals surface area contributed by atoms with Crippen molar-refractivity contribution < 1.29 is 4.74 Å². The predicted octanol–water partition coefficient (Wildman–Crippen LogP) is 6.59. The number of thiocarbonyl (C=S) groups is 1. The van der Waals surface area contributed by atoms with E-state index < -0.39 is 0 Å². The molecule has 0 bridgehead atoms. The molecule has 0 spiro atoms.